The Labute approximate surface area is 184 Å². The quantitative estimate of drug-likeness (QED) is 0.545. The van der Waals surface area contributed by atoms with Crippen LogP contribution in [0.4, 0.5) is 14.6 Å². The van der Waals surface area contributed by atoms with Crippen LogP contribution in [0.5, 0.6) is 0 Å². The van der Waals surface area contributed by atoms with Crippen molar-refractivity contribution in [3.05, 3.63) is 48.2 Å². The van der Waals surface area contributed by atoms with Crippen LogP contribution in [0.1, 0.15) is 31.2 Å². The maximum Gasteiger partial charge on any atom is 0.291 e. The van der Waals surface area contributed by atoms with Crippen LogP contribution in [-0.4, -0.2) is 39.3 Å². The number of anilines is 1. The summed E-state index contributed by atoms with van der Waals surface area (Å²) in [6.07, 6.45) is 6.70. The number of fused-ring (bicyclic) bond motifs is 1. The van der Waals surface area contributed by atoms with Gasteiger partial charge < -0.3 is 14.8 Å². The summed E-state index contributed by atoms with van der Waals surface area (Å²) in [5.74, 6) is -1.90. The summed E-state index contributed by atoms with van der Waals surface area (Å²) in [6.45, 7) is 2.31. The molecule has 164 valence electrons. The molecule has 6 nitrogen and oxygen atoms in total. The SMILES string of the molecule is O=C(Cn1c(SC(F)F)nc2ccccc21)NCc1ccc(N2CCCCCC2)nc1. The Kier molecular flexibility index (Phi) is 7.01. The third kappa shape index (κ3) is 5.52. The average molecular weight is 446 g/mol. The number of pyridine rings is 1. The van der Waals surface area contributed by atoms with E-state index in [0.717, 1.165) is 24.5 Å². The zero-order chi connectivity index (χ0) is 21.6. The molecule has 0 bridgehead atoms. The highest BCUT2D eigenvalue weighted by Crippen LogP contribution is 2.28. The molecular weight excluding hydrogens is 420 g/mol. The topological polar surface area (TPSA) is 63.1 Å². The first kappa shape index (κ1) is 21.5. The highest BCUT2D eigenvalue weighted by Gasteiger charge is 2.18. The molecule has 1 amide bonds. The Morgan fingerprint density at radius 3 is 2.58 bits per heavy atom. The lowest BCUT2D eigenvalue weighted by molar-refractivity contribution is -0.121. The van der Waals surface area contributed by atoms with E-state index in [2.05, 4.69) is 20.2 Å². The van der Waals surface area contributed by atoms with Crippen LogP contribution in [0.25, 0.3) is 11.0 Å². The number of carbonyl (C=O) groups is 1. The molecule has 1 aromatic carbocycles. The van der Waals surface area contributed by atoms with E-state index in [1.807, 2.05) is 12.1 Å². The van der Waals surface area contributed by atoms with E-state index < -0.39 is 5.76 Å². The van der Waals surface area contributed by atoms with Crippen molar-refractivity contribution in [2.24, 2.45) is 0 Å². The molecular formula is C22H25F2N5OS. The van der Waals surface area contributed by atoms with E-state index in [1.165, 1.54) is 30.3 Å². The summed E-state index contributed by atoms with van der Waals surface area (Å²) in [7, 11) is 0. The highest BCUT2D eigenvalue weighted by molar-refractivity contribution is 7.99. The Bertz CT molecular complexity index is 1020. The van der Waals surface area contributed by atoms with Gasteiger partial charge in [0.15, 0.2) is 5.16 Å². The molecule has 4 rings (SSSR count). The van der Waals surface area contributed by atoms with Crippen molar-refractivity contribution >= 4 is 34.5 Å². The zero-order valence-electron chi connectivity index (χ0n) is 17.1. The number of rotatable bonds is 7. The van der Waals surface area contributed by atoms with Crippen LogP contribution in [0.15, 0.2) is 47.8 Å². The normalized spacial score (nSPS) is 14.7. The fraction of sp³-hybridized carbons (Fsp3) is 0.409. The van der Waals surface area contributed by atoms with Gasteiger partial charge in [0, 0.05) is 25.8 Å². The van der Waals surface area contributed by atoms with Crippen molar-refractivity contribution in [1.29, 1.82) is 0 Å². The summed E-state index contributed by atoms with van der Waals surface area (Å²) in [5.41, 5.74) is 2.14. The van der Waals surface area contributed by atoms with E-state index in [-0.39, 0.29) is 17.6 Å². The number of nitrogens with zero attached hydrogens (tertiary/aromatic N) is 4. The second kappa shape index (κ2) is 10.1. The summed E-state index contributed by atoms with van der Waals surface area (Å²) in [4.78, 5) is 23.6. The number of carbonyl (C=O) groups excluding carboxylic acids is 1. The molecule has 1 aliphatic heterocycles. The van der Waals surface area contributed by atoms with Gasteiger partial charge in [-0.1, -0.05) is 31.0 Å². The number of thioether (sulfide) groups is 1. The van der Waals surface area contributed by atoms with Gasteiger partial charge in [0.25, 0.3) is 5.76 Å². The van der Waals surface area contributed by atoms with Crippen molar-refractivity contribution in [2.75, 3.05) is 18.0 Å². The number of benzene rings is 1. The molecule has 1 aliphatic rings. The van der Waals surface area contributed by atoms with Gasteiger partial charge in [-0.2, -0.15) is 8.78 Å². The minimum absolute atomic E-state index is 0.0745. The van der Waals surface area contributed by atoms with E-state index in [1.54, 1.807) is 30.5 Å². The van der Waals surface area contributed by atoms with Crippen molar-refractivity contribution in [3.63, 3.8) is 0 Å². The largest absolute Gasteiger partial charge is 0.357 e. The van der Waals surface area contributed by atoms with Crippen LogP contribution < -0.4 is 10.2 Å². The zero-order valence-corrected chi connectivity index (χ0v) is 18.0. The lowest BCUT2D eigenvalue weighted by Gasteiger charge is -2.21. The number of alkyl halides is 2. The lowest BCUT2D eigenvalue weighted by atomic mass is 10.2. The van der Waals surface area contributed by atoms with Crippen molar-refractivity contribution in [2.45, 2.75) is 49.7 Å². The summed E-state index contributed by atoms with van der Waals surface area (Å²) >= 11 is 0.348. The molecule has 0 saturated carbocycles. The van der Waals surface area contributed by atoms with Gasteiger partial charge in [-0.05, 0) is 48.4 Å². The van der Waals surface area contributed by atoms with Gasteiger partial charge in [0.2, 0.25) is 5.91 Å². The second-order valence-electron chi connectivity index (χ2n) is 7.55. The summed E-state index contributed by atoms with van der Waals surface area (Å²) < 4.78 is 27.4. The molecule has 0 aliphatic carbocycles. The smallest absolute Gasteiger partial charge is 0.291 e. The van der Waals surface area contributed by atoms with Gasteiger partial charge >= 0.3 is 0 Å². The minimum atomic E-state index is -2.60. The summed E-state index contributed by atoms with van der Waals surface area (Å²) in [6, 6.07) is 11.1. The number of halogens is 2. The highest BCUT2D eigenvalue weighted by atomic mass is 32.2. The second-order valence-corrected chi connectivity index (χ2v) is 8.51. The van der Waals surface area contributed by atoms with E-state index in [0.29, 0.717) is 29.3 Å². The molecule has 0 unspecified atom stereocenters. The fourth-order valence-corrected chi connectivity index (χ4v) is 4.38. The maximum atomic E-state index is 12.9. The molecule has 1 N–H and O–H groups in total. The fourth-order valence-electron chi connectivity index (χ4n) is 3.78. The molecule has 1 saturated heterocycles. The number of para-hydroxylation sites is 2. The molecule has 3 aromatic rings. The third-order valence-corrected chi connectivity index (χ3v) is 6.05. The van der Waals surface area contributed by atoms with Gasteiger partial charge in [-0.15, -0.1) is 0 Å². The monoisotopic (exact) mass is 445 g/mol. The molecule has 2 aromatic heterocycles. The molecule has 31 heavy (non-hydrogen) atoms. The molecule has 3 heterocycles. The Morgan fingerprint density at radius 1 is 1.10 bits per heavy atom. The number of amides is 1. The van der Waals surface area contributed by atoms with Crippen LogP contribution in [0.2, 0.25) is 0 Å². The van der Waals surface area contributed by atoms with Crippen molar-refractivity contribution in [1.82, 2.24) is 19.9 Å². The van der Waals surface area contributed by atoms with Crippen LogP contribution in [-0.2, 0) is 17.9 Å². The Morgan fingerprint density at radius 2 is 1.87 bits per heavy atom. The molecule has 9 heteroatoms. The predicted octanol–water partition coefficient (Wildman–Crippen LogP) is 4.44. The standard InChI is InChI=1S/C22H25F2N5OS/c23-21(24)31-22-27-17-7-3-4-8-18(17)29(22)15-20(30)26-14-16-9-10-19(25-13-16)28-11-5-1-2-6-12-28/h3-4,7-10,13,21H,1-2,5-6,11-12,14-15H2,(H,26,30). The van der Waals surface area contributed by atoms with Crippen LogP contribution in [0, 0.1) is 0 Å². The van der Waals surface area contributed by atoms with E-state index in [9.17, 15) is 13.6 Å². The van der Waals surface area contributed by atoms with Gasteiger partial charge in [0.1, 0.15) is 12.4 Å². The first-order valence-corrected chi connectivity index (χ1v) is 11.3. The Hall–Kier alpha value is -2.68. The number of imidazole rings is 1. The van der Waals surface area contributed by atoms with Crippen molar-refractivity contribution < 1.29 is 13.6 Å². The van der Waals surface area contributed by atoms with E-state index in [4.69, 9.17) is 0 Å². The van der Waals surface area contributed by atoms with Crippen LogP contribution >= 0.6 is 11.8 Å². The third-order valence-electron chi connectivity index (χ3n) is 5.34. The number of hydrogen-bond donors (Lipinski definition) is 1. The first-order chi connectivity index (χ1) is 15.1. The maximum absolute atomic E-state index is 12.9. The molecule has 0 spiro atoms. The molecule has 0 radical (unpaired) electrons. The first-order valence-electron chi connectivity index (χ1n) is 10.5. The van der Waals surface area contributed by atoms with Crippen LogP contribution in [0.3, 0.4) is 0 Å². The molecule has 1 fully saturated rings. The number of hydrogen-bond acceptors (Lipinski definition) is 5. The van der Waals surface area contributed by atoms with E-state index >= 15 is 0 Å². The van der Waals surface area contributed by atoms with Crippen molar-refractivity contribution in [3.8, 4) is 0 Å². The predicted molar refractivity (Wildman–Crippen MR) is 118 cm³/mol. The summed E-state index contributed by atoms with van der Waals surface area (Å²) in [5, 5.41) is 2.99. The average Bonchev–Trinajstić information content (AvgIpc) is 2.94. The van der Waals surface area contributed by atoms with Gasteiger partial charge in [-0.3, -0.25) is 4.79 Å². The van der Waals surface area contributed by atoms with Gasteiger partial charge in [-0.25, -0.2) is 9.97 Å². The van der Waals surface area contributed by atoms with Gasteiger partial charge in [0.05, 0.1) is 11.0 Å². The minimum Gasteiger partial charge on any atom is -0.357 e. The number of aromatic nitrogens is 3. The molecule has 0 atom stereocenters. The lowest BCUT2D eigenvalue weighted by Crippen LogP contribution is -2.28. The Balaban J connectivity index is 1.38. The number of nitrogens with one attached hydrogen (secondary N) is 1.